The van der Waals surface area contributed by atoms with Gasteiger partial charge in [-0.1, -0.05) is 47.5 Å². The van der Waals surface area contributed by atoms with E-state index in [0.717, 1.165) is 23.2 Å². The van der Waals surface area contributed by atoms with E-state index < -0.39 is 6.04 Å². The molecule has 0 spiro atoms. The Morgan fingerprint density at radius 2 is 1.96 bits per heavy atom. The summed E-state index contributed by atoms with van der Waals surface area (Å²) in [6, 6.07) is 12.2. The van der Waals surface area contributed by atoms with Crippen molar-refractivity contribution in [2.24, 2.45) is 0 Å². The Hall–Kier alpha value is -2.04. The number of halogens is 2. The molecular weight excluding hydrogens is 361 g/mol. The highest BCUT2D eigenvalue weighted by atomic mass is 35.5. The van der Waals surface area contributed by atoms with Crippen molar-refractivity contribution in [3.05, 3.63) is 63.6 Å². The van der Waals surface area contributed by atoms with Gasteiger partial charge in [-0.15, -0.1) is 0 Å². The van der Waals surface area contributed by atoms with Crippen molar-refractivity contribution in [2.75, 3.05) is 7.11 Å². The van der Waals surface area contributed by atoms with Gasteiger partial charge in [0, 0.05) is 12.8 Å². The number of aldehydes is 1. The summed E-state index contributed by atoms with van der Waals surface area (Å²) < 4.78 is 5.29. The minimum atomic E-state index is -0.433. The molecule has 25 heavy (non-hydrogen) atoms. The third kappa shape index (κ3) is 5.48. The van der Waals surface area contributed by atoms with Crippen LogP contribution in [0, 0.1) is 0 Å². The van der Waals surface area contributed by atoms with Gasteiger partial charge >= 0.3 is 0 Å². The van der Waals surface area contributed by atoms with E-state index in [-0.39, 0.29) is 18.7 Å². The number of nitrogens with one attached hydrogen (secondary N) is 1. The molecule has 0 radical (unpaired) electrons. The average Bonchev–Trinajstić information content (AvgIpc) is 2.62. The highest BCUT2D eigenvalue weighted by Crippen LogP contribution is 2.27. The van der Waals surface area contributed by atoms with Gasteiger partial charge in [-0.05, 0) is 35.7 Å². The van der Waals surface area contributed by atoms with Crippen LogP contribution in [0.4, 0.5) is 0 Å². The van der Waals surface area contributed by atoms with Crippen molar-refractivity contribution < 1.29 is 14.3 Å². The van der Waals surface area contributed by atoms with E-state index in [1.807, 2.05) is 24.3 Å². The fourth-order valence-corrected chi connectivity index (χ4v) is 2.83. The second kappa shape index (κ2) is 9.44. The Morgan fingerprint density at radius 1 is 1.20 bits per heavy atom. The zero-order chi connectivity index (χ0) is 18.2. The standard InChI is InChI=1S/C19H19Cl2NO3/c1-25-18-5-3-2-4-13(18)7-9-19(24)22-17(10-11-23)14-6-8-15(20)16(21)12-14/h2-6,8,11-12,17H,7,9-10H2,1H3,(H,22,24). The molecule has 0 saturated carbocycles. The predicted octanol–water partition coefficient (Wildman–Crippen LogP) is 4.38. The van der Waals surface area contributed by atoms with E-state index in [2.05, 4.69) is 5.32 Å². The third-order valence-electron chi connectivity index (χ3n) is 3.83. The second-order valence-electron chi connectivity index (χ2n) is 5.51. The lowest BCUT2D eigenvalue weighted by Gasteiger charge is -2.18. The van der Waals surface area contributed by atoms with Crippen LogP contribution in [0.2, 0.25) is 10.0 Å². The molecule has 2 aromatic rings. The molecule has 0 saturated heterocycles. The topological polar surface area (TPSA) is 55.4 Å². The summed E-state index contributed by atoms with van der Waals surface area (Å²) in [7, 11) is 1.60. The molecule has 1 unspecified atom stereocenters. The van der Waals surface area contributed by atoms with Crippen molar-refractivity contribution in [1.29, 1.82) is 0 Å². The van der Waals surface area contributed by atoms with E-state index in [1.165, 1.54) is 0 Å². The number of amides is 1. The van der Waals surface area contributed by atoms with Gasteiger partial charge in [0.05, 0.1) is 23.2 Å². The molecule has 1 atom stereocenters. The summed E-state index contributed by atoms with van der Waals surface area (Å²) in [5, 5.41) is 3.69. The van der Waals surface area contributed by atoms with Crippen molar-refractivity contribution in [3.8, 4) is 5.75 Å². The summed E-state index contributed by atoms with van der Waals surface area (Å²) in [5.41, 5.74) is 1.70. The second-order valence-corrected chi connectivity index (χ2v) is 6.32. The minimum Gasteiger partial charge on any atom is -0.496 e. The predicted molar refractivity (Wildman–Crippen MR) is 99.3 cm³/mol. The Morgan fingerprint density at radius 3 is 2.64 bits per heavy atom. The van der Waals surface area contributed by atoms with E-state index in [4.69, 9.17) is 27.9 Å². The van der Waals surface area contributed by atoms with Crippen LogP contribution >= 0.6 is 23.2 Å². The number of carbonyl (C=O) groups excluding carboxylic acids is 2. The van der Waals surface area contributed by atoms with Crippen LogP contribution in [-0.2, 0) is 16.0 Å². The number of methoxy groups -OCH3 is 1. The number of ether oxygens (including phenoxy) is 1. The smallest absolute Gasteiger partial charge is 0.220 e. The minimum absolute atomic E-state index is 0.149. The number of hydrogen-bond acceptors (Lipinski definition) is 3. The zero-order valence-corrected chi connectivity index (χ0v) is 15.3. The van der Waals surface area contributed by atoms with Crippen LogP contribution in [-0.4, -0.2) is 19.3 Å². The lowest BCUT2D eigenvalue weighted by atomic mass is 10.0. The van der Waals surface area contributed by atoms with Gasteiger partial charge in [-0.25, -0.2) is 0 Å². The van der Waals surface area contributed by atoms with Crippen LogP contribution in [0.3, 0.4) is 0 Å². The maximum absolute atomic E-state index is 12.3. The van der Waals surface area contributed by atoms with Gasteiger partial charge in [0.25, 0.3) is 0 Å². The third-order valence-corrected chi connectivity index (χ3v) is 4.57. The molecule has 4 nitrogen and oxygen atoms in total. The van der Waals surface area contributed by atoms with Crippen molar-refractivity contribution >= 4 is 35.4 Å². The fraction of sp³-hybridized carbons (Fsp3) is 0.263. The maximum Gasteiger partial charge on any atom is 0.220 e. The Kier molecular flexibility index (Phi) is 7.29. The van der Waals surface area contributed by atoms with Crippen molar-refractivity contribution in [3.63, 3.8) is 0 Å². The van der Waals surface area contributed by atoms with Gasteiger partial charge in [0.2, 0.25) is 5.91 Å². The number of carbonyl (C=O) groups is 2. The summed E-state index contributed by atoms with van der Waals surface area (Å²) in [5.74, 6) is 0.605. The molecule has 6 heteroatoms. The van der Waals surface area contributed by atoms with Crippen molar-refractivity contribution in [1.82, 2.24) is 5.32 Å². The largest absolute Gasteiger partial charge is 0.496 e. The van der Waals surface area contributed by atoms with Crippen LogP contribution < -0.4 is 10.1 Å². The Labute approximate surface area is 157 Å². The normalized spacial score (nSPS) is 11.6. The zero-order valence-electron chi connectivity index (χ0n) is 13.8. The van der Waals surface area contributed by atoms with Crippen molar-refractivity contribution in [2.45, 2.75) is 25.3 Å². The number of rotatable bonds is 8. The molecule has 2 aromatic carbocycles. The quantitative estimate of drug-likeness (QED) is 0.692. The van der Waals surface area contributed by atoms with E-state index >= 15 is 0 Å². The summed E-state index contributed by atoms with van der Waals surface area (Å²) in [4.78, 5) is 23.3. The highest BCUT2D eigenvalue weighted by Gasteiger charge is 2.16. The lowest BCUT2D eigenvalue weighted by Crippen LogP contribution is -2.29. The van der Waals surface area contributed by atoms with Gasteiger partial charge in [-0.3, -0.25) is 4.79 Å². The SMILES string of the molecule is COc1ccccc1CCC(=O)NC(CC=O)c1ccc(Cl)c(Cl)c1. The molecule has 0 aliphatic rings. The molecule has 1 N–H and O–H groups in total. The number of aryl methyl sites for hydroxylation is 1. The van der Waals surface area contributed by atoms with Crippen LogP contribution in [0.15, 0.2) is 42.5 Å². The van der Waals surface area contributed by atoms with Gasteiger partial charge in [0.15, 0.2) is 0 Å². The number of hydrogen-bond donors (Lipinski definition) is 1. The lowest BCUT2D eigenvalue weighted by molar-refractivity contribution is -0.122. The van der Waals surface area contributed by atoms with E-state index in [0.29, 0.717) is 16.5 Å². The summed E-state index contributed by atoms with van der Waals surface area (Å²) >= 11 is 11.9. The maximum atomic E-state index is 12.3. The molecular formula is C19H19Cl2NO3. The first-order valence-corrected chi connectivity index (χ1v) is 8.60. The van der Waals surface area contributed by atoms with Gasteiger partial charge in [-0.2, -0.15) is 0 Å². The first kappa shape index (κ1) is 19.3. The molecule has 0 aromatic heterocycles. The first-order valence-electron chi connectivity index (χ1n) is 7.85. The van der Waals surface area contributed by atoms with Gasteiger partial charge in [0.1, 0.15) is 12.0 Å². The summed E-state index contributed by atoms with van der Waals surface area (Å²) in [6.07, 6.45) is 1.77. The Balaban J connectivity index is 2.02. The Bertz CT molecular complexity index is 749. The van der Waals surface area contributed by atoms with Gasteiger partial charge < -0.3 is 14.8 Å². The van der Waals surface area contributed by atoms with Crippen LogP contribution in [0.5, 0.6) is 5.75 Å². The molecule has 132 valence electrons. The molecule has 0 aliphatic carbocycles. The number of benzene rings is 2. The number of para-hydroxylation sites is 1. The molecule has 0 aliphatic heterocycles. The fourth-order valence-electron chi connectivity index (χ4n) is 2.53. The molecule has 0 heterocycles. The van der Waals surface area contributed by atoms with E-state index in [1.54, 1.807) is 25.3 Å². The monoisotopic (exact) mass is 379 g/mol. The average molecular weight is 380 g/mol. The van der Waals surface area contributed by atoms with Crippen LogP contribution in [0.1, 0.15) is 30.0 Å². The molecule has 2 rings (SSSR count). The molecule has 0 fully saturated rings. The van der Waals surface area contributed by atoms with E-state index in [9.17, 15) is 9.59 Å². The van der Waals surface area contributed by atoms with Crippen LogP contribution in [0.25, 0.3) is 0 Å². The molecule has 1 amide bonds. The molecule has 0 bridgehead atoms. The first-order chi connectivity index (χ1) is 12.0. The summed E-state index contributed by atoms with van der Waals surface area (Å²) in [6.45, 7) is 0. The highest BCUT2D eigenvalue weighted by molar-refractivity contribution is 6.42.